The molecule has 130 valence electrons. The predicted molar refractivity (Wildman–Crippen MR) is 93.1 cm³/mol. The van der Waals surface area contributed by atoms with Gasteiger partial charge in [0.05, 0.1) is 12.1 Å². The maximum Gasteiger partial charge on any atom is 0.248 e. The van der Waals surface area contributed by atoms with Gasteiger partial charge in [0, 0.05) is 11.8 Å². The zero-order chi connectivity index (χ0) is 17.8. The molecule has 1 aliphatic heterocycles. The number of ether oxygens (including phenoxy) is 3. The summed E-state index contributed by atoms with van der Waals surface area (Å²) >= 11 is 5.69. The van der Waals surface area contributed by atoms with Crippen LogP contribution < -0.4 is 19.5 Å². The molecule has 3 rings (SSSR count). The van der Waals surface area contributed by atoms with Gasteiger partial charge in [-0.2, -0.15) is 0 Å². The number of carbonyl (C=O) groups excluding carboxylic acids is 1. The lowest BCUT2D eigenvalue weighted by Gasteiger charge is -2.20. The fourth-order valence-corrected chi connectivity index (χ4v) is 2.50. The third kappa shape index (κ3) is 4.03. The molecule has 2 aromatic carbocycles. The van der Waals surface area contributed by atoms with Crippen molar-refractivity contribution in [3.63, 3.8) is 0 Å². The van der Waals surface area contributed by atoms with Crippen molar-refractivity contribution in [2.75, 3.05) is 25.6 Å². The normalized spacial score (nSPS) is 12.9. The van der Waals surface area contributed by atoms with E-state index in [4.69, 9.17) is 25.8 Å². The Balaban J connectivity index is 1.74. The number of amides is 1. The number of fused-ring (bicyclic) bond motifs is 1. The van der Waals surface area contributed by atoms with Crippen LogP contribution in [0.25, 0.3) is 6.08 Å². The van der Waals surface area contributed by atoms with Gasteiger partial charge in [0.2, 0.25) is 11.7 Å². The van der Waals surface area contributed by atoms with E-state index in [-0.39, 0.29) is 10.9 Å². The first-order chi connectivity index (χ1) is 12.1. The first kappa shape index (κ1) is 17.1. The van der Waals surface area contributed by atoms with E-state index in [9.17, 15) is 9.18 Å². The highest BCUT2D eigenvalue weighted by Gasteiger charge is 2.17. The number of halogens is 2. The van der Waals surface area contributed by atoms with Crippen LogP contribution >= 0.6 is 11.6 Å². The summed E-state index contributed by atoms with van der Waals surface area (Å²) in [5.41, 5.74) is 1.12. The molecule has 0 radical (unpaired) electrons. The minimum atomic E-state index is -0.543. The number of benzene rings is 2. The number of hydrogen-bond donors (Lipinski definition) is 1. The van der Waals surface area contributed by atoms with Crippen molar-refractivity contribution < 1.29 is 23.4 Å². The molecule has 1 N–H and O–H groups in total. The number of rotatable bonds is 4. The average molecular weight is 364 g/mol. The van der Waals surface area contributed by atoms with Crippen LogP contribution in [0.3, 0.4) is 0 Å². The smallest absolute Gasteiger partial charge is 0.248 e. The Bertz CT molecular complexity index is 821. The van der Waals surface area contributed by atoms with Gasteiger partial charge in [-0.05, 0) is 42.0 Å². The zero-order valence-corrected chi connectivity index (χ0v) is 14.1. The Hall–Kier alpha value is -2.73. The lowest BCUT2D eigenvalue weighted by atomic mass is 10.1. The fraction of sp³-hybridized carbons (Fsp3) is 0.167. The minimum Gasteiger partial charge on any atom is -0.493 e. The van der Waals surface area contributed by atoms with Crippen molar-refractivity contribution in [3.8, 4) is 17.2 Å². The highest BCUT2D eigenvalue weighted by molar-refractivity contribution is 6.31. The number of hydrogen-bond acceptors (Lipinski definition) is 4. The Labute approximate surface area is 149 Å². The molecule has 0 fully saturated rings. The Kier molecular flexibility index (Phi) is 5.09. The van der Waals surface area contributed by atoms with Crippen molar-refractivity contribution in [1.82, 2.24) is 0 Å². The molecule has 25 heavy (non-hydrogen) atoms. The van der Waals surface area contributed by atoms with Gasteiger partial charge in [-0.1, -0.05) is 11.6 Å². The summed E-state index contributed by atoms with van der Waals surface area (Å²) in [6.07, 6.45) is 2.96. The SMILES string of the molecule is COc1cc(/C=C/C(=O)Nc2ccc(F)c(Cl)c2)cc2c1OCCO2. The standard InChI is InChI=1S/C18H15ClFNO4/c1-23-15-8-11(9-16-18(15)25-7-6-24-16)2-5-17(22)21-12-3-4-14(20)13(19)10-12/h2-5,8-10H,6-7H2,1H3,(H,21,22)/b5-2+. The van der Waals surface area contributed by atoms with Crippen LogP contribution in [0.4, 0.5) is 10.1 Å². The molecule has 1 amide bonds. The van der Waals surface area contributed by atoms with E-state index in [0.717, 1.165) is 0 Å². The molecule has 0 saturated carbocycles. The molecule has 2 aromatic rings. The molecular weight excluding hydrogens is 349 g/mol. The van der Waals surface area contributed by atoms with E-state index in [1.807, 2.05) is 0 Å². The Morgan fingerprint density at radius 3 is 2.84 bits per heavy atom. The first-order valence-corrected chi connectivity index (χ1v) is 7.86. The maximum absolute atomic E-state index is 13.1. The molecule has 5 nitrogen and oxygen atoms in total. The third-order valence-corrected chi connectivity index (χ3v) is 3.75. The summed E-state index contributed by atoms with van der Waals surface area (Å²) in [6, 6.07) is 7.46. The zero-order valence-electron chi connectivity index (χ0n) is 13.3. The van der Waals surface area contributed by atoms with Crippen LogP contribution in [-0.4, -0.2) is 26.2 Å². The van der Waals surface area contributed by atoms with E-state index < -0.39 is 5.82 Å². The molecule has 0 aromatic heterocycles. The number of anilines is 1. The fourth-order valence-electron chi connectivity index (χ4n) is 2.32. The van der Waals surface area contributed by atoms with Gasteiger partial charge < -0.3 is 19.5 Å². The molecule has 0 unspecified atom stereocenters. The second kappa shape index (κ2) is 7.44. The first-order valence-electron chi connectivity index (χ1n) is 7.48. The Morgan fingerprint density at radius 2 is 2.08 bits per heavy atom. The van der Waals surface area contributed by atoms with Crippen molar-refractivity contribution in [3.05, 3.63) is 52.8 Å². The molecule has 0 saturated heterocycles. The number of carbonyl (C=O) groups is 1. The average Bonchev–Trinajstić information content (AvgIpc) is 2.62. The summed E-state index contributed by atoms with van der Waals surface area (Å²) in [5.74, 6) is 0.727. The number of nitrogens with one attached hydrogen (secondary N) is 1. The summed E-state index contributed by atoms with van der Waals surface area (Å²) in [6.45, 7) is 0.913. The van der Waals surface area contributed by atoms with Gasteiger partial charge in [0.1, 0.15) is 19.0 Å². The summed E-state index contributed by atoms with van der Waals surface area (Å²) in [4.78, 5) is 12.0. The minimum absolute atomic E-state index is 0.0571. The van der Waals surface area contributed by atoms with Gasteiger partial charge in [-0.3, -0.25) is 4.79 Å². The maximum atomic E-state index is 13.1. The lowest BCUT2D eigenvalue weighted by molar-refractivity contribution is -0.111. The third-order valence-electron chi connectivity index (χ3n) is 3.46. The van der Waals surface area contributed by atoms with Crippen LogP contribution in [0.2, 0.25) is 5.02 Å². The van der Waals surface area contributed by atoms with E-state index in [0.29, 0.717) is 41.7 Å². The van der Waals surface area contributed by atoms with Gasteiger partial charge in [0.25, 0.3) is 0 Å². The van der Waals surface area contributed by atoms with Crippen LogP contribution in [0, 0.1) is 5.82 Å². The van der Waals surface area contributed by atoms with E-state index in [2.05, 4.69) is 5.32 Å². The molecule has 0 atom stereocenters. The van der Waals surface area contributed by atoms with E-state index >= 15 is 0 Å². The second-order valence-electron chi connectivity index (χ2n) is 5.20. The predicted octanol–water partition coefficient (Wildman–Crippen LogP) is 3.91. The number of methoxy groups -OCH3 is 1. The summed E-state index contributed by atoms with van der Waals surface area (Å²) in [5, 5.41) is 2.55. The molecule has 1 heterocycles. The van der Waals surface area contributed by atoms with Crippen LogP contribution in [0.5, 0.6) is 17.2 Å². The highest BCUT2D eigenvalue weighted by Crippen LogP contribution is 2.40. The topological polar surface area (TPSA) is 56.8 Å². The van der Waals surface area contributed by atoms with Gasteiger partial charge >= 0.3 is 0 Å². The van der Waals surface area contributed by atoms with Crippen molar-refractivity contribution in [1.29, 1.82) is 0 Å². The van der Waals surface area contributed by atoms with Gasteiger partial charge in [-0.25, -0.2) is 4.39 Å². The van der Waals surface area contributed by atoms with Crippen LogP contribution in [-0.2, 0) is 4.79 Å². The van der Waals surface area contributed by atoms with Crippen molar-refractivity contribution in [2.45, 2.75) is 0 Å². The largest absolute Gasteiger partial charge is 0.493 e. The molecule has 0 aliphatic carbocycles. The molecule has 0 bridgehead atoms. The van der Waals surface area contributed by atoms with E-state index in [1.54, 1.807) is 18.2 Å². The van der Waals surface area contributed by atoms with Crippen LogP contribution in [0.1, 0.15) is 5.56 Å². The van der Waals surface area contributed by atoms with E-state index in [1.165, 1.54) is 31.4 Å². The van der Waals surface area contributed by atoms with Crippen molar-refractivity contribution >= 4 is 29.3 Å². The Morgan fingerprint density at radius 1 is 1.28 bits per heavy atom. The highest BCUT2D eigenvalue weighted by atomic mass is 35.5. The van der Waals surface area contributed by atoms with Crippen LogP contribution in [0.15, 0.2) is 36.4 Å². The molecule has 0 spiro atoms. The second-order valence-corrected chi connectivity index (χ2v) is 5.61. The lowest BCUT2D eigenvalue weighted by Crippen LogP contribution is -2.16. The van der Waals surface area contributed by atoms with Gasteiger partial charge in [0.15, 0.2) is 11.5 Å². The quantitative estimate of drug-likeness (QED) is 0.837. The summed E-state index contributed by atoms with van der Waals surface area (Å²) in [7, 11) is 1.53. The molecule has 7 heteroatoms. The van der Waals surface area contributed by atoms with Gasteiger partial charge in [-0.15, -0.1) is 0 Å². The summed E-state index contributed by atoms with van der Waals surface area (Å²) < 4.78 is 29.5. The molecular formula is C18H15ClFNO4. The van der Waals surface area contributed by atoms with Crippen molar-refractivity contribution in [2.24, 2.45) is 0 Å². The monoisotopic (exact) mass is 363 g/mol. The molecule has 1 aliphatic rings.